The molecule has 0 aromatic rings. The minimum atomic E-state index is -1.28. The van der Waals surface area contributed by atoms with Crippen molar-refractivity contribution in [2.24, 2.45) is 0 Å². The topological polar surface area (TPSA) is 263 Å². The summed E-state index contributed by atoms with van der Waals surface area (Å²) in [5.41, 5.74) is 0. The molecule has 15 heteroatoms. The molecule has 0 unspecified atom stereocenters. The number of carbonyl (C=O) groups is 10. The molecule has 0 saturated carbocycles. The van der Waals surface area contributed by atoms with Crippen molar-refractivity contribution in [3.8, 4) is 0 Å². The van der Waals surface area contributed by atoms with E-state index in [9.17, 15) is 68.4 Å². The third kappa shape index (κ3) is 66.8. The molecule has 0 fully saturated rings. The van der Waals surface area contributed by atoms with Gasteiger partial charge in [0.1, 0.15) is 34.7 Å². The Morgan fingerprint density at radius 1 is 0.364 bits per heavy atom. The number of aliphatic carboxylic acids is 4. The molecule has 0 N–H and O–H groups in total. The average molecular weight is 708 g/mol. The Labute approximate surface area is 277 Å². The predicted molar refractivity (Wildman–Crippen MR) is 144 cm³/mol. The molecule has 14 nitrogen and oxygen atoms in total. The summed E-state index contributed by atoms with van der Waals surface area (Å²) in [6.45, 7) is 10.1. The zero-order valence-electron chi connectivity index (χ0n) is 26.4. The van der Waals surface area contributed by atoms with Gasteiger partial charge in [-0.3, -0.25) is 28.8 Å². The van der Waals surface area contributed by atoms with Crippen LogP contribution < -0.4 is 20.4 Å². The van der Waals surface area contributed by atoms with Crippen LogP contribution in [0.1, 0.15) is 125 Å². The van der Waals surface area contributed by atoms with Crippen LogP contribution in [0, 0.1) is 0 Å². The fourth-order valence-corrected chi connectivity index (χ4v) is 2.46. The van der Waals surface area contributed by atoms with E-state index in [1.807, 2.05) is 27.7 Å². The molecule has 0 aliphatic heterocycles. The van der Waals surface area contributed by atoms with Crippen molar-refractivity contribution < 1.29 is 94.6 Å². The summed E-state index contributed by atoms with van der Waals surface area (Å²) in [6.07, 6.45) is 2.50. The van der Waals surface area contributed by atoms with Crippen LogP contribution in [0.5, 0.6) is 0 Å². The number of carbonyl (C=O) groups excluding carboxylic acids is 10. The fourth-order valence-electron chi connectivity index (χ4n) is 2.46. The van der Waals surface area contributed by atoms with Gasteiger partial charge in [0.2, 0.25) is 0 Å². The van der Waals surface area contributed by atoms with Gasteiger partial charge in [0, 0.05) is 75.2 Å². The Kier molecular flexibility index (Phi) is 45.8. The number of carboxylic acid groups (broad SMARTS) is 4. The van der Waals surface area contributed by atoms with E-state index in [2.05, 4.69) is 0 Å². The molecule has 44 heavy (non-hydrogen) atoms. The molecular formula is C29H44O14Zr. The van der Waals surface area contributed by atoms with Crippen molar-refractivity contribution >= 4 is 58.6 Å². The molecular weight excluding hydrogens is 664 g/mol. The first kappa shape index (κ1) is 53.4. The Balaban J connectivity index is -0.000000102. The maximum atomic E-state index is 10.4. The SMILES string of the molecule is CC(=O)CC(C)=O.CCCC(=O)CC(=O)[O-].CCCC(=O)CC(=O)[O-].CCCC(=O)CC(=O)[O-].CCCC(=O)CC(=O)[O-].[Zr+4]. The van der Waals surface area contributed by atoms with E-state index in [0.717, 1.165) is 0 Å². The summed E-state index contributed by atoms with van der Waals surface area (Å²) < 4.78 is 0. The molecule has 0 bridgehead atoms. The number of ketones is 6. The molecule has 0 atom stereocenters. The van der Waals surface area contributed by atoms with Gasteiger partial charge in [-0.2, -0.15) is 0 Å². The first-order valence-electron chi connectivity index (χ1n) is 13.6. The number of hydrogen-bond donors (Lipinski definition) is 0. The maximum Gasteiger partial charge on any atom is 4.00 e. The van der Waals surface area contributed by atoms with Gasteiger partial charge in [-0.1, -0.05) is 27.7 Å². The van der Waals surface area contributed by atoms with Crippen LogP contribution in [-0.2, 0) is 74.1 Å². The van der Waals surface area contributed by atoms with Crippen LogP contribution in [0.15, 0.2) is 0 Å². The van der Waals surface area contributed by atoms with Crippen LogP contribution in [0.3, 0.4) is 0 Å². The average Bonchev–Trinajstić information content (AvgIpc) is 2.78. The molecule has 0 spiro atoms. The maximum absolute atomic E-state index is 10.4. The van der Waals surface area contributed by atoms with E-state index < -0.39 is 49.6 Å². The zero-order valence-corrected chi connectivity index (χ0v) is 28.9. The van der Waals surface area contributed by atoms with Gasteiger partial charge in [0.15, 0.2) is 0 Å². The number of rotatable bonds is 18. The second-order valence-corrected chi connectivity index (χ2v) is 8.93. The molecule has 0 aromatic carbocycles. The summed E-state index contributed by atoms with van der Waals surface area (Å²) in [6, 6.07) is 0. The van der Waals surface area contributed by atoms with Gasteiger partial charge < -0.3 is 39.6 Å². The smallest absolute Gasteiger partial charge is 0.550 e. The van der Waals surface area contributed by atoms with E-state index >= 15 is 0 Å². The van der Waals surface area contributed by atoms with Gasteiger partial charge in [-0.15, -0.1) is 0 Å². The number of hydrogen-bond acceptors (Lipinski definition) is 14. The van der Waals surface area contributed by atoms with Crippen LogP contribution in [-0.4, -0.2) is 58.6 Å². The van der Waals surface area contributed by atoms with Gasteiger partial charge in [-0.05, 0) is 39.5 Å². The summed E-state index contributed by atoms with van der Waals surface area (Å²) in [4.78, 5) is 101. The summed E-state index contributed by atoms with van der Waals surface area (Å²) in [5, 5.41) is 39.0. The molecule has 0 amide bonds. The third-order valence-electron chi connectivity index (χ3n) is 3.98. The summed E-state index contributed by atoms with van der Waals surface area (Å²) >= 11 is 0. The van der Waals surface area contributed by atoms with E-state index in [1.54, 1.807) is 0 Å². The second-order valence-electron chi connectivity index (χ2n) is 8.93. The number of Topliss-reactive ketones (excluding diaryl/α,β-unsaturated/α-hetero) is 6. The van der Waals surface area contributed by atoms with Gasteiger partial charge in [0.05, 0.1) is 6.42 Å². The third-order valence-corrected chi connectivity index (χ3v) is 3.98. The van der Waals surface area contributed by atoms with Crippen LogP contribution >= 0.6 is 0 Å². The second kappa shape index (κ2) is 37.8. The van der Waals surface area contributed by atoms with Crippen molar-refractivity contribution in [2.75, 3.05) is 0 Å². The van der Waals surface area contributed by atoms with Crippen molar-refractivity contribution in [1.82, 2.24) is 0 Å². The summed E-state index contributed by atoms with van der Waals surface area (Å²) in [7, 11) is 0. The first-order valence-corrected chi connectivity index (χ1v) is 13.6. The van der Waals surface area contributed by atoms with Crippen molar-refractivity contribution in [2.45, 2.75) is 125 Å². The largest absolute Gasteiger partial charge is 4.00 e. The normalized spacial score (nSPS) is 8.68. The number of carboxylic acids is 4. The van der Waals surface area contributed by atoms with Crippen LogP contribution in [0.25, 0.3) is 0 Å². The molecule has 0 aliphatic carbocycles. The summed E-state index contributed by atoms with van der Waals surface area (Å²) in [5.74, 6) is -6.27. The van der Waals surface area contributed by atoms with E-state index in [1.165, 1.54) is 13.8 Å². The van der Waals surface area contributed by atoms with E-state index in [4.69, 9.17) is 0 Å². The molecule has 0 heterocycles. The van der Waals surface area contributed by atoms with E-state index in [0.29, 0.717) is 51.4 Å². The zero-order chi connectivity index (χ0) is 35.0. The van der Waals surface area contributed by atoms with Gasteiger partial charge in [-0.25, -0.2) is 0 Å². The minimum Gasteiger partial charge on any atom is -0.550 e. The molecule has 0 aromatic heterocycles. The molecule has 0 radical (unpaired) electrons. The van der Waals surface area contributed by atoms with Crippen molar-refractivity contribution in [3.63, 3.8) is 0 Å². The molecule has 0 aliphatic rings. The van der Waals surface area contributed by atoms with Gasteiger partial charge >= 0.3 is 26.2 Å². The minimum absolute atomic E-state index is 0. The van der Waals surface area contributed by atoms with Gasteiger partial charge in [0.25, 0.3) is 0 Å². The Bertz CT molecular complexity index is 778. The monoisotopic (exact) mass is 706 g/mol. The quantitative estimate of drug-likeness (QED) is 0.147. The molecule has 248 valence electrons. The Morgan fingerprint density at radius 3 is 0.591 bits per heavy atom. The Morgan fingerprint density at radius 2 is 0.523 bits per heavy atom. The van der Waals surface area contributed by atoms with Crippen molar-refractivity contribution in [3.05, 3.63) is 0 Å². The molecule has 0 rings (SSSR count). The fraction of sp³-hybridized carbons (Fsp3) is 0.655. The Hall–Kier alpha value is -3.22. The first-order chi connectivity index (χ1) is 19.8. The van der Waals surface area contributed by atoms with Crippen LogP contribution in [0.4, 0.5) is 0 Å². The van der Waals surface area contributed by atoms with E-state index in [-0.39, 0.29) is 67.3 Å². The van der Waals surface area contributed by atoms with Crippen molar-refractivity contribution in [1.29, 1.82) is 0 Å². The predicted octanol–water partition coefficient (Wildman–Crippen LogP) is -1.47. The molecule has 0 saturated heterocycles. The van der Waals surface area contributed by atoms with Crippen LogP contribution in [0.2, 0.25) is 0 Å². The standard InChI is InChI=1S/4C6H10O3.C5H8O2.Zr/c4*1-2-3-5(7)4-6(8)9;1-4(6)3-5(2)7;/h4*2-4H2,1H3,(H,8,9);3H2,1-2H3;/q;;;;;+4/p-4.